The molecule has 1 saturated heterocycles. The Kier molecular flexibility index (Phi) is 4.77. The lowest BCUT2D eigenvalue weighted by Gasteiger charge is -2.18. The molecule has 1 aliphatic heterocycles. The standard InChI is InChI=1S/C15H22N2O4/c1-9(14(18)19)13-10(2)16-15(20)17(11(13)3)6-4-12-5-7-21-8-12/h9,12H,4-8H2,1-3H3,(H,18,19). The van der Waals surface area contributed by atoms with Crippen molar-refractivity contribution >= 4 is 5.97 Å². The fraction of sp³-hybridized carbons (Fsp3) is 0.667. The van der Waals surface area contributed by atoms with E-state index in [4.69, 9.17) is 4.74 Å². The van der Waals surface area contributed by atoms with Crippen molar-refractivity contribution in [2.75, 3.05) is 13.2 Å². The molecule has 1 aliphatic rings. The maximum absolute atomic E-state index is 12.1. The minimum Gasteiger partial charge on any atom is -0.481 e. The molecule has 2 unspecified atom stereocenters. The SMILES string of the molecule is Cc1nc(=O)n(CCC2CCOC2)c(C)c1C(C)C(=O)O. The van der Waals surface area contributed by atoms with Crippen LogP contribution in [0.2, 0.25) is 0 Å². The van der Waals surface area contributed by atoms with Crippen LogP contribution in [-0.2, 0) is 16.1 Å². The third kappa shape index (κ3) is 3.32. The molecule has 6 heteroatoms. The van der Waals surface area contributed by atoms with Gasteiger partial charge in [0, 0.05) is 36.7 Å². The highest BCUT2D eigenvalue weighted by Crippen LogP contribution is 2.22. The van der Waals surface area contributed by atoms with Crippen LogP contribution >= 0.6 is 0 Å². The summed E-state index contributed by atoms with van der Waals surface area (Å²) in [5.74, 6) is -1.10. The van der Waals surface area contributed by atoms with E-state index >= 15 is 0 Å². The van der Waals surface area contributed by atoms with E-state index in [9.17, 15) is 14.7 Å². The number of nitrogens with zero attached hydrogens (tertiary/aromatic N) is 2. The van der Waals surface area contributed by atoms with Crippen molar-refractivity contribution in [2.24, 2.45) is 5.92 Å². The van der Waals surface area contributed by atoms with Crippen LogP contribution in [0.1, 0.15) is 42.6 Å². The van der Waals surface area contributed by atoms with Crippen molar-refractivity contribution in [3.05, 3.63) is 27.4 Å². The van der Waals surface area contributed by atoms with Gasteiger partial charge in [-0.05, 0) is 39.5 Å². The number of rotatable bonds is 5. The minimum atomic E-state index is -0.905. The topological polar surface area (TPSA) is 81.4 Å². The molecule has 2 rings (SSSR count). The molecule has 0 amide bonds. The zero-order chi connectivity index (χ0) is 15.6. The smallest absolute Gasteiger partial charge is 0.347 e. The molecular formula is C15H22N2O4. The molecule has 2 atom stereocenters. The molecular weight excluding hydrogens is 272 g/mol. The lowest BCUT2D eigenvalue weighted by Crippen LogP contribution is -2.30. The van der Waals surface area contributed by atoms with Gasteiger partial charge in [0.2, 0.25) is 0 Å². The first-order valence-corrected chi connectivity index (χ1v) is 7.30. The summed E-state index contributed by atoms with van der Waals surface area (Å²) in [5.41, 5.74) is 1.56. The van der Waals surface area contributed by atoms with Crippen LogP contribution in [-0.4, -0.2) is 33.8 Å². The second kappa shape index (κ2) is 6.39. The number of hydrogen-bond donors (Lipinski definition) is 1. The molecule has 6 nitrogen and oxygen atoms in total. The Morgan fingerprint density at radius 2 is 2.24 bits per heavy atom. The first-order valence-electron chi connectivity index (χ1n) is 7.30. The van der Waals surface area contributed by atoms with Gasteiger partial charge in [0.25, 0.3) is 0 Å². The monoisotopic (exact) mass is 294 g/mol. The van der Waals surface area contributed by atoms with Gasteiger partial charge in [-0.3, -0.25) is 9.36 Å². The van der Waals surface area contributed by atoms with E-state index < -0.39 is 11.9 Å². The van der Waals surface area contributed by atoms with Gasteiger partial charge in [-0.2, -0.15) is 4.98 Å². The zero-order valence-electron chi connectivity index (χ0n) is 12.8. The van der Waals surface area contributed by atoms with Crippen LogP contribution in [0.25, 0.3) is 0 Å². The van der Waals surface area contributed by atoms with Gasteiger partial charge in [-0.1, -0.05) is 0 Å². The number of ether oxygens (including phenoxy) is 1. The lowest BCUT2D eigenvalue weighted by molar-refractivity contribution is -0.138. The summed E-state index contributed by atoms with van der Waals surface area (Å²) < 4.78 is 6.94. The van der Waals surface area contributed by atoms with Gasteiger partial charge in [0.15, 0.2) is 0 Å². The normalized spacial score (nSPS) is 19.7. The Labute approximate surface area is 123 Å². The highest BCUT2D eigenvalue weighted by Gasteiger charge is 2.23. The van der Waals surface area contributed by atoms with Crippen molar-refractivity contribution in [3.8, 4) is 0 Å². The summed E-state index contributed by atoms with van der Waals surface area (Å²) >= 11 is 0. The van der Waals surface area contributed by atoms with E-state index in [1.807, 2.05) is 0 Å². The first-order chi connectivity index (χ1) is 9.91. The number of carboxylic acids is 1. The lowest BCUT2D eigenvalue weighted by atomic mass is 9.98. The number of hydrogen-bond acceptors (Lipinski definition) is 4. The molecule has 0 aromatic carbocycles. The fourth-order valence-electron chi connectivity index (χ4n) is 2.95. The molecule has 0 spiro atoms. The number of aliphatic carboxylic acids is 1. The zero-order valence-corrected chi connectivity index (χ0v) is 12.8. The minimum absolute atomic E-state index is 0.301. The maximum atomic E-state index is 12.1. The van der Waals surface area contributed by atoms with Crippen LogP contribution in [0.15, 0.2) is 4.79 Å². The summed E-state index contributed by atoms with van der Waals surface area (Å²) in [6, 6.07) is 0. The van der Waals surface area contributed by atoms with Crippen LogP contribution in [0, 0.1) is 19.8 Å². The fourth-order valence-corrected chi connectivity index (χ4v) is 2.95. The molecule has 0 bridgehead atoms. The third-order valence-electron chi connectivity index (χ3n) is 4.27. The molecule has 1 N–H and O–H groups in total. The van der Waals surface area contributed by atoms with E-state index in [0.29, 0.717) is 29.4 Å². The predicted octanol–water partition coefficient (Wildman–Crippen LogP) is 1.47. The molecule has 0 saturated carbocycles. The van der Waals surface area contributed by atoms with Crippen molar-refractivity contribution in [1.29, 1.82) is 0 Å². The molecule has 1 fully saturated rings. The third-order valence-corrected chi connectivity index (χ3v) is 4.27. The van der Waals surface area contributed by atoms with Gasteiger partial charge in [0.1, 0.15) is 0 Å². The number of aryl methyl sites for hydroxylation is 1. The second-order valence-electron chi connectivity index (χ2n) is 5.71. The predicted molar refractivity (Wildman–Crippen MR) is 77.6 cm³/mol. The van der Waals surface area contributed by atoms with E-state index in [0.717, 1.165) is 26.1 Å². The first kappa shape index (κ1) is 15.7. The van der Waals surface area contributed by atoms with E-state index in [2.05, 4.69) is 4.98 Å². The second-order valence-corrected chi connectivity index (χ2v) is 5.71. The highest BCUT2D eigenvalue weighted by molar-refractivity contribution is 5.76. The molecule has 0 aliphatic carbocycles. The molecule has 1 aromatic heterocycles. The molecule has 1 aromatic rings. The summed E-state index contributed by atoms with van der Waals surface area (Å²) in [6.07, 6.45) is 1.87. The average Bonchev–Trinajstić information content (AvgIpc) is 2.90. The van der Waals surface area contributed by atoms with Crippen LogP contribution in [0.5, 0.6) is 0 Å². The Morgan fingerprint density at radius 1 is 1.52 bits per heavy atom. The molecule has 2 heterocycles. The Morgan fingerprint density at radius 3 is 2.81 bits per heavy atom. The summed E-state index contributed by atoms with van der Waals surface area (Å²) in [4.78, 5) is 27.3. The van der Waals surface area contributed by atoms with Gasteiger partial charge < -0.3 is 9.84 Å². The highest BCUT2D eigenvalue weighted by atomic mass is 16.5. The molecule has 116 valence electrons. The van der Waals surface area contributed by atoms with Gasteiger partial charge in [-0.25, -0.2) is 4.79 Å². The van der Waals surface area contributed by atoms with Gasteiger partial charge >= 0.3 is 11.7 Å². The van der Waals surface area contributed by atoms with Crippen molar-refractivity contribution in [1.82, 2.24) is 9.55 Å². The summed E-state index contributed by atoms with van der Waals surface area (Å²) in [7, 11) is 0. The van der Waals surface area contributed by atoms with Crippen molar-refractivity contribution < 1.29 is 14.6 Å². The largest absolute Gasteiger partial charge is 0.481 e. The summed E-state index contributed by atoms with van der Waals surface area (Å²) in [6.45, 7) is 7.20. The molecule has 0 radical (unpaired) electrons. The Bertz CT molecular complexity index is 588. The van der Waals surface area contributed by atoms with Crippen LogP contribution < -0.4 is 5.69 Å². The van der Waals surface area contributed by atoms with Crippen LogP contribution in [0.3, 0.4) is 0 Å². The van der Waals surface area contributed by atoms with Gasteiger partial charge in [-0.15, -0.1) is 0 Å². The number of carboxylic acid groups (broad SMARTS) is 1. The van der Waals surface area contributed by atoms with E-state index in [-0.39, 0.29) is 5.69 Å². The number of carbonyl (C=O) groups is 1. The average molecular weight is 294 g/mol. The van der Waals surface area contributed by atoms with Gasteiger partial charge in [0.05, 0.1) is 5.92 Å². The summed E-state index contributed by atoms with van der Waals surface area (Å²) in [5, 5.41) is 9.22. The number of aromatic nitrogens is 2. The Hall–Kier alpha value is -1.69. The van der Waals surface area contributed by atoms with Crippen molar-refractivity contribution in [3.63, 3.8) is 0 Å². The Balaban J connectivity index is 2.29. The maximum Gasteiger partial charge on any atom is 0.347 e. The van der Waals surface area contributed by atoms with E-state index in [1.165, 1.54) is 0 Å². The quantitative estimate of drug-likeness (QED) is 0.889. The van der Waals surface area contributed by atoms with Crippen molar-refractivity contribution in [2.45, 2.75) is 46.1 Å². The molecule has 21 heavy (non-hydrogen) atoms. The van der Waals surface area contributed by atoms with Crippen LogP contribution in [0.4, 0.5) is 0 Å². The van der Waals surface area contributed by atoms with E-state index in [1.54, 1.807) is 25.3 Å².